The molecule has 0 radical (unpaired) electrons. The van der Waals surface area contributed by atoms with E-state index in [1.807, 2.05) is 0 Å². The summed E-state index contributed by atoms with van der Waals surface area (Å²) in [5.41, 5.74) is 0. The number of unbranched alkanes of at least 4 members (excludes halogenated alkanes) is 39. The minimum atomic E-state index is -4.93. The van der Waals surface area contributed by atoms with Gasteiger partial charge in [-0.2, -0.15) is 0 Å². The van der Waals surface area contributed by atoms with Gasteiger partial charge in [0.15, 0.2) is 6.10 Å². The molecule has 5 atom stereocenters. The summed E-state index contributed by atoms with van der Waals surface area (Å²) in [5.74, 6) is -1.57. The first kappa shape index (κ1) is 101. The van der Waals surface area contributed by atoms with E-state index < -0.39 is 91.5 Å². The largest absolute Gasteiger partial charge is 0.472 e. The Morgan fingerprint density at radius 2 is 0.505 bits per heavy atom. The molecular formula is C87H154O16P2. The van der Waals surface area contributed by atoms with Crippen LogP contribution in [0.2, 0.25) is 0 Å². The average molecular weight is 1520 g/mol. The Kier molecular flexibility index (Phi) is 76.9. The van der Waals surface area contributed by atoms with Crippen molar-refractivity contribution in [2.24, 2.45) is 0 Å². The molecule has 0 aliphatic rings. The molecule has 0 bridgehead atoms. The van der Waals surface area contributed by atoms with Crippen molar-refractivity contribution in [1.82, 2.24) is 0 Å². The van der Waals surface area contributed by atoms with Gasteiger partial charge in [0.05, 0.1) is 26.4 Å². The van der Waals surface area contributed by atoms with E-state index in [1.165, 1.54) is 167 Å². The minimum Gasteiger partial charge on any atom is -0.463 e. The van der Waals surface area contributed by atoms with Crippen LogP contribution in [0, 0.1) is 0 Å². The van der Waals surface area contributed by atoms with Gasteiger partial charge in [0, 0.05) is 19.3 Å². The van der Waals surface area contributed by atoms with Crippen molar-refractivity contribution in [3.05, 3.63) is 109 Å². The molecule has 4 N–H and O–H groups in total. The standard InChI is InChI=1S/C87H154O16P2/c1-4-7-10-13-16-19-22-24-26-28-30-32-34-35-36-37-38-39-40-41-42-43-44-45-47-49-50-52-54-56-59-61-64-67-70-73-85(90)97-76-82(88)77-99-104(93,94)100-78-83(89)79-101-105(95,96)102-81-84(103-87(92)75-72-69-66-63-58-21-18-15-12-9-6-3)80-98-86(91)74-71-68-65-62-60-57-55-53-51-48-46-33-31-29-27-25-23-20-17-14-11-8-5-2/h8,11,16-17,19-20,24-27,30-33,35-36,48,51,82-84,88-89H,4-7,9-10,12-15,18,21-23,28-29,34,37-47,49-50,52-81H2,1-3H3,(H,93,94)(H,95,96)/b11-8-,19-16-,20-17-,26-24-,27-25-,32-30-,33-31-,36-35-,51-48-. The fourth-order valence-electron chi connectivity index (χ4n) is 11.6. The van der Waals surface area contributed by atoms with Crippen LogP contribution in [0.4, 0.5) is 0 Å². The monoisotopic (exact) mass is 1520 g/mol. The fourth-order valence-corrected chi connectivity index (χ4v) is 13.2. The van der Waals surface area contributed by atoms with Gasteiger partial charge in [0.1, 0.15) is 25.4 Å². The van der Waals surface area contributed by atoms with Crippen LogP contribution >= 0.6 is 15.6 Å². The van der Waals surface area contributed by atoms with Crippen LogP contribution in [-0.4, -0.2) is 95.9 Å². The van der Waals surface area contributed by atoms with E-state index in [0.717, 1.165) is 141 Å². The molecule has 0 aliphatic heterocycles. The molecule has 0 saturated carbocycles. The Morgan fingerprint density at radius 3 is 0.819 bits per heavy atom. The predicted octanol–water partition coefficient (Wildman–Crippen LogP) is 25.1. The van der Waals surface area contributed by atoms with Gasteiger partial charge in [0.2, 0.25) is 0 Å². The number of ether oxygens (including phenoxy) is 3. The van der Waals surface area contributed by atoms with E-state index in [4.69, 9.17) is 32.3 Å². The van der Waals surface area contributed by atoms with Crippen LogP contribution in [0.3, 0.4) is 0 Å². The first-order chi connectivity index (χ1) is 51.2. The van der Waals surface area contributed by atoms with Gasteiger partial charge in [0.25, 0.3) is 0 Å². The topological polar surface area (TPSA) is 231 Å². The molecule has 5 unspecified atom stereocenters. The molecule has 16 nitrogen and oxygen atoms in total. The van der Waals surface area contributed by atoms with Gasteiger partial charge in [-0.25, -0.2) is 9.13 Å². The zero-order valence-corrected chi connectivity index (χ0v) is 68.4. The third-order valence-corrected chi connectivity index (χ3v) is 19.9. The maximum atomic E-state index is 12.9. The maximum absolute atomic E-state index is 12.9. The van der Waals surface area contributed by atoms with E-state index in [9.17, 15) is 43.5 Å². The summed E-state index contributed by atoms with van der Waals surface area (Å²) in [6, 6.07) is 0. The molecular weight excluding hydrogens is 1360 g/mol. The highest BCUT2D eigenvalue weighted by molar-refractivity contribution is 7.47. The number of aliphatic hydroxyl groups is 2. The van der Waals surface area contributed by atoms with Crippen LogP contribution in [0.25, 0.3) is 0 Å². The highest BCUT2D eigenvalue weighted by atomic mass is 31.2. The van der Waals surface area contributed by atoms with Crippen LogP contribution < -0.4 is 0 Å². The summed E-state index contributed by atoms with van der Waals surface area (Å²) < 4.78 is 61.1. The van der Waals surface area contributed by atoms with Crippen LogP contribution in [0.5, 0.6) is 0 Å². The number of aliphatic hydroxyl groups excluding tert-OH is 2. The Labute approximate surface area is 640 Å². The van der Waals surface area contributed by atoms with Crippen molar-refractivity contribution in [2.45, 2.75) is 386 Å². The summed E-state index contributed by atoms with van der Waals surface area (Å²) in [4.78, 5) is 58.6. The molecule has 18 heteroatoms. The lowest BCUT2D eigenvalue weighted by atomic mass is 10.0. The van der Waals surface area contributed by atoms with Crippen molar-refractivity contribution in [3.8, 4) is 0 Å². The van der Waals surface area contributed by atoms with Gasteiger partial charge >= 0.3 is 33.6 Å². The molecule has 0 rings (SSSR count). The quantitative estimate of drug-likeness (QED) is 0.0146. The van der Waals surface area contributed by atoms with Gasteiger partial charge in [-0.05, 0) is 109 Å². The van der Waals surface area contributed by atoms with Crippen molar-refractivity contribution >= 4 is 33.6 Å². The third kappa shape index (κ3) is 81.0. The second-order valence-corrected chi connectivity index (χ2v) is 31.2. The number of rotatable bonds is 80. The minimum absolute atomic E-state index is 0.104. The maximum Gasteiger partial charge on any atom is 0.472 e. The lowest BCUT2D eigenvalue weighted by Crippen LogP contribution is -2.30. The molecule has 0 heterocycles. The molecule has 0 saturated heterocycles. The third-order valence-electron chi connectivity index (χ3n) is 18.0. The van der Waals surface area contributed by atoms with E-state index in [2.05, 4.69) is 130 Å². The van der Waals surface area contributed by atoms with Crippen molar-refractivity contribution in [3.63, 3.8) is 0 Å². The van der Waals surface area contributed by atoms with Crippen LogP contribution in [0.15, 0.2) is 109 Å². The molecule has 105 heavy (non-hydrogen) atoms. The van der Waals surface area contributed by atoms with E-state index in [1.54, 1.807) is 0 Å². The lowest BCUT2D eigenvalue weighted by Gasteiger charge is -2.21. The second-order valence-electron chi connectivity index (χ2n) is 28.3. The van der Waals surface area contributed by atoms with Gasteiger partial charge in [-0.15, -0.1) is 0 Å². The molecule has 0 amide bonds. The number of phosphoric ester groups is 2. The van der Waals surface area contributed by atoms with Crippen molar-refractivity contribution in [1.29, 1.82) is 0 Å². The molecule has 0 fully saturated rings. The van der Waals surface area contributed by atoms with E-state index in [-0.39, 0.29) is 19.3 Å². The number of phosphoric acid groups is 2. The number of esters is 3. The van der Waals surface area contributed by atoms with Gasteiger partial charge in [-0.3, -0.25) is 32.5 Å². The second kappa shape index (κ2) is 79.8. The first-order valence-corrected chi connectivity index (χ1v) is 45.2. The molecule has 0 aromatic rings. The molecule has 608 valence electrons. The highest BCUT2D eigenvalue weighted by Gasteiger charge is 2.29. The number of hydrogen-bond acceptors (Lipinski definition) is 14. The lowest BCUT2D eigenvalue weighted by molar-refractivity contribution is -0.161. The SMILES string of the molecule is CC/C=C\C/C=C\C/C=C\C/C=C\C/C=C\CCCCCCCCCC(=O)OCC(COP(=O)(O)OCC(O)COP(=O)(O)OCC(O)COC(=O)CCCCCCCCCCCCCCCCCCCCC/C=C\C/C=C\C/C=C\C/C=C\CCCCC)OC(=O)CCCCCCCCCCCCC. The molecule has 0 aliphatic carbocycles. The number of hydrogen-bond donors (Lipinski definition) is 4. The molecule has 0 aromatic heterocycles. The van der Waals surface area contributed by atoms with Crippen LogP contribution in [0.1, 0.15) is 367 Å². The fraction of sp³-hybridized carbons (Fsp3) is 0.759. The first-order valence-electron chi connectivity index (χ1n) is 42.2. The van der Waals surface area contributed by atoms with Crippen LogP contribution in [-0.2, 0) is 55.8 Å². The normalized spacial score (nSPS) is 14.5. The van der Waals surface area contributed by atoms with Crippen molar-refractivity contribution in [2.75, 3.05) is 39.6 Å². The number of allylic oxidation sites excluding steroid dienone is 18. The zero-order valence-electron chi connectivity index (χ0n) is 66.6. The van der Waals surface area contributed by atoms with E-state index >= 15 is 0 Å². The Morgan fingerprint density at radius 1 is 0.276 bits per heavy atom. The Balaban J connectivity index is 4.33. The number of carbonyl (C=O) groups is 3. The summed E-state index contributed by atoms with van der Waals surface area (Å²) >= 11 is 0. The molecule has 0 aromatic carbocycles. The summed E-state index contributed by atoms with van der Waals surface area (Å²) in [7, 11) is -9.78. The smallest absolute Gasteiger partial charge is 0.463 e. The average Bonchev–Trinajstić information content (AvgIpc) is 0.913. The van der Waals surface area contributed by atoms with Gasteiger partial charge < -0.3 is 34.2 Å². The number of carbonyl (C=O) groups excluding carboxylic acids is 3. The van der Waals surface area contributed by atoms with E-state index in [0.29, 0.717) is 19.3 Å². The Hall–Kier alpha value is -3.79. The summed E-state index contributed by atoms with van der Waals surface area (Å²) in [6.45, 7) is 2.56. The molecule has 0 spiro atoms. The summed E-state index contributed by atoms with van der Waals surface area (Å²) in [6.07, 6.45) is 94.5. The Bertz CT molecular complexity index is 2340. The van der Waals surface area contributed by atoms with Gasteiger partial charge in [-0.1, -0.05) is 348 Å². The summed E-state index contributed by atoms with van der Waals surface area (Å²) in [5, 5.41) is 20.6. The van der Waals surface area contributed by atoms with Crippen molar-refractivity contribution < 1.29 is 75.8 Å². The predicted molar refractivity (Wildman–Crippen MR) is 436 cm³/mol. The zero-order chi connectivity index (χ0) is 76.6. The highest BCUT2D eigenvalue weighted by Crippen LogP contribution is 2.45.